The lowest BCUT2D eigenvalue weighted by Gasteiger charge is -2.14. The van der Waals surface area contributed by atoms with Crippen molar-refractivity contribution < 1.29 is 19.8 Å². The van der Waals surface area contributed by atoms with Gasteiger partial charge in [0, 0.05) is 0 Å². The second kappa shape index (κ2) is 7.23. The van der Waals surface area contributed by atoms with Crippen LogP contribution in [0, 0.1) is 5.92 Å². The number of carbonyl (C=O) groups is 2. The molecule has 88 valence electrons. The van der Waals surface area contributed by atoms with E-state index >= 15 is 0 Å². The molecule has 0 saturated heterocycles. The SMILES string of the molecule is CCCCCC(C[C@@H](N)C(=O)O)C(=O)O. The van der Waals surface area contributed by atoms with Crippen LogP contribution in [0.15, 0.2) is 0 Å². The van der Waals surface area contributed by atoms with Gasteiger partial charge < -0.3 is 15.9 Å². The minimum absolute atomic E-state index is 0.00831. The third kappa shape index (κ3) is 6.06. The van der Waals surface area contributed by atoms with E-state index in [9.17, 15) is 9.59 Å². The first-order chi connectivity index (χ1) is 6.99. The van der Waals surface area contributed by atoms with E-state index in [2.05, 4.69) is 0 Å². The third-order valence-electron chi connectivity index (χ3n) is 2.36. The average molecular weight is 217 g/mol. The van der Waals surface area contributed by atoms with Gasteiger partial charge in [0.1, 0.15) is 6.04 Å². The molecule has 0 aromatic heterocycles. The fourth-order valence-electron chi connectivity index (χ4n) is 1.39. The Kier molecular flexibility index (Phi) is 6.70. The molecule has 0 saturated carbocycles. The van der Waals surface area contributed by atoms with E-state index in [1.165, 1.54) is 0 Å². The summed E-state index contributed by atoms with van der Waals surface area (Å²) in [5.74, 6) is -2.73. The van der Waals surface area contributed by atoms with Crippen molar-refractivity contribution >= 4 is 11.9 Å². The van der Waals surface area contributed by atoms with Crippen molar-refractivity contribution in [3.63, 3.8) is 0 Å². The number of hydrogen-bond acceptors (Lipinski definition) is 3. The van der Waals surface area contributed by atoms with Gasteiger partial charge in [-0.2, -0.15) is 0 Å². The summed E-state index contributed by atoms with van der Waals surface area (Å²) in [6, 6.07) is -1.08. The summed E-state index contributed by atoms with van der Waals surface area (Å²) in [7, 11) is 0. The normalized spacial score (nSPS) is 14.5. The molecule has 4 N–H and O–H groups in total. The lowest BCUT2D eigenvalue weighted by atomic mass is 9.94. The summed E-state index contributed by atoms with van der Waals surface area (Å²) in [6.45, 7) is 2.03. The van der Waals surface area contributed by atoms with Crippen LogP contribution in [-0.2, 0) is 9.59 Å². The van der Waals surface area contributed by atoms with Crippen molar-refractivity contribution in [2.45, 2.75) is 45.1 Å². The van der Waals surface area contributed by atoms with E-state index in [1.54, 1.807) is 0 Å². The van der Waals surface area contributed by atoms with Crippen LogP contribution in [-0.4, -0.2) is 28.2 Å². The third-order valence-corrected chi connectivity index (χ3v) is 2.36. The Morgan fingerprint density at radius 3 is 2.20 bits per heavy atom. The van der Waals surface area contributed by atoms with Crippen LogP contribution in [0.2, 0.25) is 0 Å². The number of unbranched alkanes of at least 4 members (excludes halogenated alkanes) is 2. The van der Waals surface area contributed by atoms with Crippen molar-refractivity contribution in [3.05, 3.63) is 0 Å². The molecule has 5 heteroatoms. The number of carboxylic acids is 2. The summed E-state index contributed by atoms with van der Waals surface area (Å²) in [6.07, 6.45) is 3.29. The molecule has 0 bridgehead atoms. The number of hydrogen-bond donors (Lipinski definition) is 3. The number of rotatable bonds is 8. The molecule has 2 atom stereocenters. The minimum Gasteiger partial charge on any atom is -0.481 e. The first-order valence-corrected chi connectivity index (χ1v) is 5.20. The highest BCUT2D eigenvalue weighted by Gasteiger charge is 2.23. The molecule has 0 spiro atoms. The van der Waals surface area contributed by atoms with E-state index in [0.29, 0.717) is 6.42 Å². The van der Waals surface area contributed by atoms with Crippen molar-refractivity contribution in [3.8, 4) is 0 Å². The Labute approximate surface area is 89.3 Å². The Hall–Kier alpha value is -1.10. The molecule has 5 nitrogen and oxygen atoms in total. The Balaban J connectivity index is 4.04. The molecular weight excluding hydrogens is 198 g/mol. The highest BCUT2D eigenvalue weighted by molar-refractivity contribution is 5.75. The molecule has 15 heavy (non-hydrogen) atoms. The molecule has 0 aliphatic rings. The largest absolute Gasteiger partial charge is 0.481 e. The highest BCUT2D eigenvalue weighted by Crippen LogP contribution is 2.15. The Morgan fingerprint density at radius 2 is 1.80 bits per heavy atom. The zero-order chi connectivity index (χ0) is 11.8. The first kappa shape index (κ1) is 13.9. The van der Waals surface area contributed by atoms with Crippen LogP contribution in [0.4, 0.5) is 0 Å². The molecule has 0 aliphatic carbocycles. The summed E-state index contributed by atoms with van der Waals surface area (Å²) in [5, 5.41) is 17.4. The van der Waals surface area contributed by atoms with Crippen molar-refractivity contribution in [1.82, 2.24) is 0 Å². The van der Waals surface area contributed by atoms with Crippen molar-refractivity contribution in [1.29, 1.82) is 0 Å². The van der Waals surface area contributed by atoms with Gasteiger partial charge in [0.2, 0.25) is 0 Å². The van der Waals surface area contributed by atoms with Gasteiger partial charge in [0.25, 0.3) is 0 Å². The predicted molar refractivity (Wildman–Crippen MR) is 55.5 cm³/mol. The van der Waals surface area contributed by atoms with Crippen LogP contribution in [0.5, 0.6) is 0 Å². The topological polar surface area (TPSA) is 101 Å². The maximum atomic E-state index is 10.8. The zero-order valence-electron chi connectivity index (χ0n) is 8.98. The molecular formula is C10H19NO4. The van der Waals surface area contributed by atoms with Crippen LogP contribution < -0.4 is 5.73 Å². The van der Waals surface area contributed by atoms with Gasteiger partial charge in [-0.3, -0.25) is 9.59 Å². The van der Waals surface area contributed by atoms with Crippen LogP contribution in [0.1, 0.15) is 39.0 Å². The summed E-state index contributed by atoms with van der Waals surface area (Å²) in [4.78, 5) is 21.3. The number of nitrogens with two attached hydrogens (primary N) is 1. The maximum Gasteiger partial charge on any atom is 0.320 e. The summed E-state index contributed by atoms with van der Waals surface area (Å²) in [5.41, 5.74) is 5.30. The predicted octanol–water partition coefficient (Wildman–Crippen LogP) is 1.07. The lowest BCUT2D eigenvalue weighted by Crippen LogP contribution is -2.34. The zero-order valence-corrected chi connectivity index (χ0v) is 8.98. The van der Waals surface area contributed by atoms with E-state index in [1.807, 2.05) is 6.92 Å². The Bertz CT molecular complexity index is 217. The van der Waals surface area contributed by atoms with Gasteiger partial charge in [0.15, 0.2) is 0 Å². The smallest absolute Gasteiger partial charge is 0.320 e. The van der Waals surface area contributed by atoms with Crippen LogP contribution in [0.25, 0.3) is 0 Å². The molecule has 1 unspecified atom stereocenters. The monoisotopic (exact) mass is 217 g/mol. The lowest BCUT2D eigenvalue weighted by molar-refractivity contribution is -0.143. The van der Waals surface area contributed by atoms with E-state index in [-0.39, 0.29) is 6.42 Å². The fourth-order valence-corrected chi connectivity index (χ4v) is 1.39. The highest BCUT2D eigenvalue weighted by atomic mass is 16.4. The molecule has 0 radical (unpaired) electrons. The molecule has 0 aliphatic heterocycles. The number of carboxylic acid groups (broad SMARTS) is 2. The van der Waals surface area contributed by atoms with Crippen LogP contribution >= 0.6 is 0 Å². The van der Waals surface area contributed by atoms with Gasteiger partial charge in [-0.15, -0.1) is 0 Å². The quantitative estimate of drug-likeness (QED) is 0.528. The second-order valence-electron chi connectivity index (χ2n) is 3.71. The van der Waals surface area contributed by atoms with Gasteiger partial charge in [0.05, 0.1) is 5.92 Å². The molecule has 0 aromatic carbocycles. The Morgan fingerprint density at radius 1 is 1.20 bits per heavy atom. The standard InChI is InChI=1S/C10H19NO4/c1-2-3-4-5-7(9(12)13)6-8(11)10(14)15/h7-8H,2-6,11H2,1H3,(H,12,13)(H,14,15)/t7?,8-/m1/s1. The van der Waals surface area contributed by atoms with Gasteiger partial charge in [-0.05, 0) is 12.8 Å². The average Bonchev–Trinajstić information content (AvgIpc) is 2.15. The molecule has 0 amide bonds. The molecule has 0 heterocycles. The maximum absolute atomic E-state index is 10.8. The van der Waals surface area contributed by atoms with Gasteiger partial charge >= 0.3 is 11.9 Å². The van der Waals surface area contributed by atoms with Crippen molar-refractivity contribution in [2.24, 2.45) is 11.7 Å². The molecule has 0 rings (SSSR count). The van der Waals surface area contributed by atoms with Gasteiger partial charge in [-0.1, -0.05) is 26.2 Å². The second-order valence-corrected chi connectivity index (χ2v) is 3.71. The van der Waals surface area contributed by atoms with E-state index < -0.39 is 23.9 Å². The number of aliphatic carboxylic acids is 2. The summed E-state index contributed by atoms with van der Waals surface area (Å²) < 4.78 is 0. The van der Waals surface area contributed by atoms with E-state index in [4.69, 9.17) is 15.9 Å². The van der Waals surface area contributed by atoms with E-state index in [0.717, 1.165) is 19.3 Å². The first-order valence-electron chi connectivity index (χ1n) is 5.20. The van der Waals surface area contributed by atoms with Crippen LogP contribution in [0.3, 0.4) is 0 Å². The fraction of sp³-hybridized carbons (Fsp3) is 0.800. The van der Waals surface area contributed by atoms with Crippen molar-refractivity contribution in [2.75, 3.05) is 0 Å². The summed E-state index contributed by atoms with van der Waals surface area (Å²) >= 11 is 0. The van der Waals surface area contributed by atoms with Gasteiger partial charge in [-0.25, -0.2) is 0 Å². The molecule has 0 fully saturated rings. The molecule has 0 aromatic rings. The minimum atomic E-state index is -1.14.